The van der Waals surface area contributed by atoms with E-state index in [1.165, 1.54) is 0 Å². The van der Waals surface area contributed by atoms with Gasteiger partial charge in [-0.05, 0) is 52.7 Å². The number of benzene rings is 2. The number of nitrogens with one attached hydrogen (secondary N) is 1. The van der Waals surface area contributed by atoms with Crippen LogP contribution in [0.3, 0.4) is 0 Å². The van der Waals surface area contributed by atoms with Crippen molar-refractivity contribution in [2.24, 2.45) is 0 Å². The molecule has 0 aliphatic heterocycles. The van der Waals surface area contributed by atoms with Gasteiger partial charge in [-0.1, -0.05) is 22.0 Å². The highest BCUT2D eigenvalue weighted by atomic mass is 79.9. The monoisotopic (exact) mass is 379 g/mol. The number of aryl methyl sites for hydroxylation is 1. The minimum absolute atomic E-state index is 0.693. The van der Waals surface area contributed by atoms with Crippen LogP contribution >= 0.6 is 31.9 Å². The summed E-state index contributed by atoms with van der Waals surface area (Å²) >= 11 is 6.93. The zero-order valence-electron chi connectivity index (χ0n) is 10.2. The van der Waals surface area contributed by atoms with Crippen LogP contribution in [-0.4, -0.2) is 9.97 Å². The van der Waals surface area contributed by atoms with Crippen LogP contribution in [0.5, 0.6) is 0 Å². The number of halogens is 2. The van der Waals surface area contributed by atoms with Crippen LogP contribution in [0.4, 0.5) is 5.69 Å². The van der Waals surface area contributed by atoms with Crippen molar-refractivity contribution in [3.8, 4) is 11.4 Å². The molecule has 0 aliphatic rings. The van der Waals surface area contributed by atoms with Gasteiger partial charge in [-0.15, -0.1) is 0 Å². The first-order valence-electron chi connectivity index (χ1n) is 5.76. The van der Waals surface area contributed by atoms with Crippen molar-refractivity contribution in [1.82, 2.24) is 9.97 Å². The number of nitrogen functional groups attached to an aromatic ring is 1. The van der Waals surface area contributed by atoms with Gasteiger partial charge in [0.15, 0.2) is 0 Å². The molecule has 96 valence electrons. The maximum absolute atomic E-state index is 6.09. The lowest BCUT2D eigenvalue weighted by atomic mass is 10.2. The number of fused-ring (bicyclic) bond motifs is 1. The zero-order valence-corrected chi connectivity index (χ0v) is 13.3. The summed E-state index contributed by atoms with van der Waals surface area (Å²) in [4.78, 5) is 7.97. The lowest BCUT2D eigenvalue weighted by Gasteiger charge is -2.03. The molecule has 3 aromatic rings. The quantitative estimate of drug-likeness (QED) is 0.604. The highest BCUT2D eigenvalue weighted by Gasteiger charge is 2.11. The Kier molecular flexibility index (Phi) is 3.11. The van der Waals surface area contributed by atoms with Crippen LogP contribution in [0.2, 0.25) is 0 Å². The minimum Gasteiger partial charge on any atom is -0.397 e. The van der Waals surface area contributed by atoms with E-state index in [1.807, 2.05) is 31.2 Å². The van der Waals surface area contributed by atoms with Gasteiger partial charge in [-0.25, -0.2) is 4.98 Å². The third-order valence-corrected chi connectivity index (χ3v) is 4.20. The fourth-order valence-electron chi connectivity index (χ4n) is 2.12. The molecule has 5 heteroatoms. The van der Waals surface area contributed by atoms with Crippen LogP contribution in [-0.2, 0) is 0 Å². The number of anilines is 1. The maximum atomic E-state index is 6.09. The van der Waals surface area contributed by atoms with Gasteiger partial charge in [0, 0.05) is 14.5 Å². The SMILES string of the molecule is Cc1cc(Br)cc2[nH]c(-c3cccc(Br)c3N)nc12. The van der Waals surface area contributed by atoms with Gasteiger partial charge >= 0.3 is 0 Å². The molecule has 3 rings (SSSR count). The van der Waals surface area contributed by atoms with E-state index in [0.29, 0.717) is 5.69 Å². The van der Waals surface area contributed by atoms with E-state index >= 15 is 0 Å². The van der Waals surface area contributed by atoms with Crippen molar-refractivity contribution in [2.75, 3.05) is 5.73 Å². The molecule has 0 fully saturated rings. The molecule has 0 saturated heterocycles. The molecule has 0 unspecified atom stereocenters. The van der Waals surface area contributed by atoms with E-state index in [9.17, 15) is 0 Å². The Bertz CT molecular complexity index is 778. The molecule has 0 aliphatic carbocycles. The van der Waals surface area contributed by atoms with Crippen LogP contribution in [0.1, 0.15) is 5.56 Å². The van der Waals surface area contributed by atoms with Crippen LogP contribution in [0, 0.1) is 6.92 Å². The fourth-order valence-corrected chi connectivity index (χ4v) is 3.06. The number of aromatic nitrogens is 2. The van der Waals surface area contributed by atoms with E-state index in [2.05, 4.69) is 47.9 Å². The number of imidazole rings is 1. The normalized spacial score (nSPS) is 11.1. The highest BCUT2D eigenvalue weighted by molar-refractivity contribution is 9.10. The lowest BCUT2D eigenvalue weighted by Crippen LogP contribution is -1.92. The second-order valence-electron chi connectivity index (χ2n) is 4.41. The third kappa shape index (κ3) is 2.17. The second kappa shape index (κ2) is 4.65. The Morgan fingerprint density at radius 3 is 2.79 bits per heavy atom. The molecule has 3 N–H and O–H groups in total. The minimum atomic E-state index is 0.693. The summed E-state index contributed by atoms with van der Waals surface area (Å²) in [6.07, 6.45) is 0. The van der Waals surface area contributed by atoms with Gasteiger partial charge in [0.1, 0.15) is 5.82 Å². The Morgan fingerprint density at radius 1 is 1.21 bits per heavy atom. The molecular formula is C14H11Br2N3. The summed E-state index contributed by atoms with van der Waals surface area (Å²) in [5, 5.41) is 0. The van der Waals surface area contributed by atoms with Crippen molar-refractivity contribution < 1.29 is 0 Å². The van der Waals surface area contributed by atoms with Gasteiger partial charge in [0.2, 0.25) is 0 Å². The summed E-state index contributed by atoms with van der Waals surface area (Å²) < 4.78 is 1.92. The molecule has 1 aromatic heterocycles. The van der Waals surface area contributed by atoms with Gasteiger partial charge in [-0.3, -0.25) is 0 Å². The van der Waals surface area contributed by atoms with E-state index in [-0.39, 0.29) is 0 Å². The molecule has 19 heavy (non-hydrogen) atoms. The van der Waals surface area contributed by atoms with Crippen LogP contribution < -0.4 is 5.73 Å². The molecular weight excluding hydrogens is 370 g/mol. The van der Waals surface area contributed by atoms with E-state index < -0.39 is 0 Å². The Morgan fingerprint density at radius 2 is 2.00 bits per heavy atom. The zero-order chi connectivity index (χ0) is 13.6. The lowest BCUT2D eigenvalue weighted by molar-refractivity contribution is 1.33. The molecule has 1 heterocycles. The topological polar surface area (TPSA) is 54.7 Å². The summed E-state index contributed by atoms with van der Waals surface area (Å²) in [5.41, 5.74) is 10.8. The maximum Gasteiger partial charge on any atom is 0.140 e. The predicted octanol–water partition coefficient (Wildman–Crippen LogP) is 4.65. The predicted molar refractivity (Wildman–Crippen MR) is 86.1 cm³/mol. The van der Waals surface area contributed by atoms with E-state index in [0.717, 1.165) is 36.9 Å². The molecule has 0 bridgehead atoms. The molecule has 3 nitrogen and oxygen atoms in total. The average Bonchev–Trinajstić information content (AvgIpc) is 2.76. The van der Waals surface area contributed by atoms with Crippen LogP contribution in [0.25, 0.3) is 22.4 Å². The number of hydrogen-bond donors (Lipinski definition) is 2. The number of hydrogen-bond acceptors (Lipinski definition) is 2. The molecule has 0 radical (unpaired) electrons. The van der Waals surface area contributed by atoms with Gasteiger partial charge in [-0.2, -0.15) is 0 Å². The molecule has 0 spiro atoms. The highest BCUT2D eigenvalue weighted by Crippen LogP contribution is 2.32. The summed E-state index contributed by atoms with van der Waals surface area (Å²) in [6.45, 7) is 2.04. The fraction of sp³-hybridized carbons (Fsp3) is 0.0714. The number of rotatable bonds is 1. The van der Waals surface area contributed by atoms with Crippen molar-refractivity contribution in [3.05, 3.63) is 44.8 Å². The first-order chi connectivity index (χ1) is 9.06. The van der Waals surface area contributed by atoms with Gasteiger partial charge in [0.25, 0.3) is 0 Å². The molecule has 0 atom stereocenters. The van der Waals surface area contributed by atoms with Crippen molar-refractivity contribution in [2.45, 2.75) is 6.92 Å². The number of nitrogens with zero attached hydrogens (tertiary/aromatic N) is 1. The largest absolute Gasteiger partial charge is 0.397 e. The van der Waals surface area contributed by atoms with Crippen molar-refractivity contribution in [1.29, 1.82) is 0 Å². The molecule has 0 saturated carbocycles. The number of nitrogens with two attached hydrogens (primary N) is 1. The smallest absolute Gasteiger partial charge is 0.140 e. The summed E-state index contributed by atoms with van der Waals surface area (Å²) in [7, 11) is 0. The van der Waals surface area contributed by atoms with Crippen LogP contribution in [0.15, 0.2) is 39.3 Å². The Balaban J connectivity index is 2.26. The summed E-state index contributed by atoms with van der Waals surface area (Å²) in [5.74, 6) is 0.787. The Hall–Kier alpha value is -1.33. The molecule has 2 aromatic carbocycles. The van der Waals surface area contributed by atoms with Crippen molar-refractivity contribution >= 4 is 48.6 Å². The van der Waals surface area contributed by atoms with E-state index in [4.69, 9.17) is 5.73 Å². The van der Waals surface area contributed by atoms with E-state index in [1.54, 1.807) is 0 Å². The average molecular weight is 381 g/mol. The third-order valence-electron chi connectivity index (χ3n) is 3.05. The van der Waals surface area contributed by atoms with Gasteiger partial charge in [0.05, 0.1) is 16.7 Å². The number of H-pyrrole nitrogens is 1. The van der Waals surface area contributed by atoms with Gasteiger partial charge < -0.3 is 10.7 Å². The second-order valence-corrected chi connectivity index (χ2v) is 6.18. The van der Waals surface area contributed by atoms with Crippen molar-refractivity contribution in [3.63, 3.8) is 0 Å². The molecule has 0 amide bonds. The summed E-state index contributed by atoms with van der Waals surface area (Å²) in [6, 6.07) is 9.90. The number of aromatic amines is 1. The number of para-hydroxylation sites is 1. The first-order valence-corrected chi connectivity index (χ1v) is 7.35. The Labute approximate surface area is 127 Å². The standard InChI is InChI=1S/C14H11Br2N3/c1-7-5-8(15)6-11-13(7)19-14(18-11)9-3-2-4-10(16)12(9)17/h2-6H,17H2,1H3,(H,18,19). The first kappa shape index (κ1) is 12.7.